The van der Waals surface area contributed by atoms with Crippen molar-refractivity contribution in [2.45, 2.75) is 0 Å². The number of thiophene rings is 1. The monoisotopic (exact) mass is 764 g/mol. The SMILES string of the molecule is Bc1c(B)c(B)c(-n2c(-c3ccccc3-c3c4ccccc4c(-c4cccc5sc6ccccc6c45)c4cc(-c5ccccc5)ccc34)nc3ccccc32)c(B)c1B. The minimum atomic E-state index is 0.951. The van der Waals surface area contributed by atoms with Gasteiger partial charge in [-0.3, -0.25) is 4.57 Å². The third kappa shape index (κ3) is 5.43. The van der Waals surface area contributed by atoms with E-state index in [4.69, 9.17) is 4.98 Å². The summed E-state index contributed by atoms with van der Waals surface area (Å²) in [5.41, 5.74) is 18.4. The molecule has 0 aliphatic rings. The van der Waals surface area contributed by atoms with Gasteiger partial charge in [-0.05, 0) is 85.3 Å². The van der Waals surface area contributed by atoms with Crippen LogP contribution in [-0.4, -0.2) is 48.8 Å². The molecule has 0 atom stereocenters. The average Bonchev–Trinajstić information content (AvgIpc) is 3.86. The van der Waals surface area contributed by atoms with Crippen LogP contribution in [0.1, 0.15) is 0 Å². The number of nitrogens with zero attached hydrogens (tertiary/aromatic N) is 2. The van der Waals surface area contributed by atoms with Crippen molar-refractivity contribution in [3.05, 3.63) is 164 Å². The summed E-state index contributed by atoms with van der Waals surface area (Å²) in [6.07, 6.45) is 0. The van der Waals surface area contributed by atoms with Crippen LogP contribution in [0, 0.1) is 0 Å². The minimum absolute atomic E-state index is 0.951. The highest BCUT2D eigenvalue weighted by atomic mass is 32.1. The number of imidazole rings is 1. The van der Waals surface area contributed by atoms with E-state index in [1.807, 2.05) is 11.3 Å². The molecule has 0 radical (unpaired) electrons. The van der Waals surface area contributed by atoms with Crippen molar-refractivity contribution in [2.75, 3.05) is 0 Å². The highest BCUT2D eigenvalue weighted by molar-refractivity contribution is 7.26. The molecular formula is C51H37B5N2S. The Kier molecular flexibility index (Phi) is 8.36. The van der Waals surface area contributed by atoms with Crippen LogP contribution in [0.3, 0.4) is 0 Å². The van der Waals surface area contributed by atoms with Crippen LogP contribution < -0.4 is 27.3 Å². The molecule has 0 saturated carbocycles. The first-order valence-corrected chi connectivity index (χ1v) is 21.3. The second kappa shape index (κ2) is 13.8. The van der Waals surface area contributed by atoms with Crippen LogP contribution in [0.15, 0.2) is 164 Å². The zero-order valence-electron chi connectivity index (χ0n) is 33.9. The van der Waals surface area contributed by atoms with E-state index in [1.54, 1.807) is 0 Å². The Morgan fingerprint density at radius 3 is 1.73 bits per heavy atom. The van der Waals surface area contributed by atoms with Gasteiger partial charge < -0.3 is 0 Å². The largest absolute Gasteiger partial charge is 0.294 e. The Morgan fingerprint density at radius 2 is 0.966 bits per heavy atom. The number of para-hydroxylation sites is 2. The molecule has 11 aromatic rings. The fourth-order valence-electron chi connectivity index (χ4n) is 9.70. The third-order valence-corrected chi connectivity index (χ3v) is 14.1. The Morgan fingerprint density at radius 1 is 0.407 bits per heavy atom. The van der Waals surface area contributed by atoms with Crippen molar-refractivity contribution in [3.8, 4) is 50.5 Å². The van der Waals surface area contributed by atoms with Crippen LogP contribution in [0.25, 0.3) is 103 Å². The smallest absolute Gasteiger partial charge is 0.146 e. The van der Waals surface area contributed by atoms with Crippen LogP contribution >= 0.6 is 11.3 Å². The lowest BCUT2D eigenvalue weighted by atomic mass is 9.61. The third-order valence-electron chi connectivity index (χ3n) is 13.0. The Hall–Kier alpha value is -6.49. The van der Waals surface area contributed by atoms with Gasteiger partial charge in [0.1, 0.15) is 45.1 Å². The summed E-state index contributed by atoms with van der Waals surface area (Å²) >= 11 is 1.88. The Balaban J connectivity index is 1.28. The Bertz CT molecular complexity index is 3490. The fourth-order valence-corrected chi connectivity index (χ4v) is 10.8. The number of fused-ring (bicyclic) bond motifs is 6. The molecule has 0 bridgehead atoms. The van der Waals surface area contributed by atoms with E-state index in [9.17, 15) is 0 Å². The summed E-state index contributed by atoms with van der Waals surface area (Å²) in [6, 6.07) is 60.2. The standard InChI is InChI=1S/C51H37B5N2S/c52-45-46(53)48(55)50(49(56)47(45)54)58-39-22-10-9-21-38(39)57-51(58)34-18-7-6-17-32(34)42-30-15-4-5-16-31(30)43(37-27-29(25-26-33(37)42)28-13-2-1-3-14-28)36-20-12-24-41-44(36)35-19-8-11-23-40(35)59-41/h1-27H,52-56H2. The van der Waals surface area contributed by atoms with Gasteiger partial charge in [0.2, 0.25) is 0 Å². The molecule has 0 aliphatic carbocycles. The van der Waals surface area contributed by atoms with E-state index in [2.05, 4.69) is 208 Å². The molecule has 2 nitrogen and oxygen atoms in total. The molecule has 59 heavy (non-hydrogen) atoms. The zero-order valence-corrected chi connectivity index (χ0v) is 34.7. The average molecular weight is 764 g/mol. The molecule has 0 saturated heterocycles. The van der Waals surface area contributed by atoms with Crippen molar-refractivity contribution in [1.29, 1.82) is 0 Å². The van der Waals surface area contributed by atoms with Crippen molar-refractivity contribution in [1.82, 2.24) is 9.55 Å². The summed E-state index contributed by atoms with van der Waals surface area (Å²) in [6.45, 7) is 0. The van der Waals surface area contributed by atoms with Crippen molar-refractivity contribution in [2.24, 2.45) is 0 Å². The molecule has 11 rings (SSSR count). The van der Waals surface area contributed by atoms with Gasteiger partial charge in [0.15, 0.2) is 0 Å². The lowest BCUT2D eigenvalue weighted by Gasteiger charge is -2.24. The maximum atomic E-state index is 5.51. The van der Waals surface area contributed by atoms with Gasteiger partial charge in [0.25, 0.3) is 0 Å². The second-order valence-electron chi connectivity index (χ2n) is 16.0. The van der Waals surface area contributed by atoms with Crippen LogP contribution in [-0.2, 0) is 0 Å². The summed E-state index contributed by atoms with van der Waals surface area (Å²) in [5, 5.41) is 7.55. The first kappa shape index (κ1) is 35.7. The van der Waals surface area contributed by atoms with Crippen molar-refractivity contribution < 1.29 is 0 Å². The first-order chi connectivity index (χ1) is 28.9. The fraction of sp³-hybridized carbons (Fsp3) is 0. The number of rotatable bonds is 5. The van der Waals surface area contributed by atoms with Crippen LogP contribution in [0.2, 0.25) is 0 Å². The molecule has 0 fully saturated rings. The molecular weight excluding hydrogens is 727 g/mol. The van der Waals surface area contributed by atoms with E-state index in [-0.39, 0.29) is 0 Å². The molecule has 0 amide bonds. The van der Waals surface area contributed by atoms with Gasteiger partial charge in [-0.1, -0.05) is 155 Å². The molecule has 9 aromatic carbocycles. The van der Waals surface area contributed by atoms with E-state index in [1.165, 1.54) is 108 Å². The predicted octanol–water partition coefficient (Wildman–Crippen LogP) is 5.66. The van der Waals surface area contributed by atoms with Crippen LogP contribution in [0.5, 0.6) is 0 Å². The summed E-state index contributed by atoms with van der Waals surface area (Å²) in [5.74, 6) is 0.951. The number of hydrogen-bond acceptors (Lipinski definition) is 2. The minimum Gasteiger partial charge on any atom is -0.294 e. The number of hydrogen-bond donors (Lipinski definition) is 0. The summed E-state index contributed by atoms with van der Waals surface area (Å²) in [4.78, 5) is 5.51. The van der Waals surface area contributed by atoms with Crippen molar-refractivity contribution >= 4 is 131 Å². The normalized spacial score (nSPS) is 11.7. The molecule has 8 heteroatoms. The van der Waals surface area contributed by atoms with Gasteiger partial charge in [-0.15, -0.1) is 16.8 Å². The van der Waals surface area contributed by atoms with E-state index >= 15 is 0 Å². The molecule has 2 heterocycles. The first-order valence-electron chi connectivity index (χ1n) is 20.5. The topological polar surface area (TPSA) is 17.8 Å². The van der Waals surface area contributed by atoms with E-state index in [0.29, 0.717) is 0 Å². The second-order valence-corrected chi connectivity index (χ2v) is 17.1. The number of benzene rings is 9. The van der Waals surface area contributed by atoms with Crippen LogP contribution in [0.4, 0.5) is 0 Å². The van der Waals surface area contributed by atoms with Gasteiger partial charge in [-0.25, -0.2) is 4.98 Å². The lowest BCUT2D eigenvalue weighted by Crippen LogP contribution is -2.56. The molecule has 0 N–H and O–H groups in total. The Labute approximate surface area is 352 Å². The van der Waals surface area contributed by atoms with Gasteiger partial charge >= 0.3 is 0 Å². The van der Waals surface area contributed by atoms with Gasteiger partial charge in [-0.2, -0.15) is 0 Å². The van der Waals surface area contributed by atoms with Crippen molar-refractivity contribution in [3.63, 3.8) is 0 Å². The predicted molar refractivity (Wildman–Crippen MR) is 272 cm³/mol. The van der Waals surface area contributed by atoms with Gasteiger partial charge in [0, 0.05) is 31.4 Å². The quantitative estimate of drug-likeness (QED) is 0.164. The molecule has 0 unspecified atom stereocenters. The maximum absolute atomic E-state index is 5.51. The number of aromatic nitrogens is 2. The molecule has 0 spiro atoms. The highest BCUT2D eigenvalue weighted by Gasteiger charge is 2.25. The maximum Gasteiger partial charge on any atom is 0.146 e. The summed E-state index contributed by atoms with van der Waals surface area (Å²) < 4.78 is 5.06. The van der Waals surface area contributed by atoms with E-state index in [0.717, 1.165) is 22.4 Å². The summed E-state index contributed by atoms with van der Waals surface area (Å²) in [7, 11) is 11.3. The zero-order chi connectivity index (χ0) is 39.9. The molecule has 2 aromatic heterocycles. The van der Waals surface area contributed by atoms with E-state index < -0.39 is 0 Å². The molecule has 272 valence electrons. The lowest BCUT2D eigenvalue weighted by molar-refractivity contribution is 1.12. The highest BCUT2D eigenvalue weighted by Crippen LogP contribution is 2.50. The molecule has 0 aliphatic heterocycles. The van der Waals surface area contributed by atoms with Gasteiger partial charge in [0.05, 0.1) is 11.0 Å².